The molecule has 4 rings (SSSR count). The lowest BCUT2D eigenvalue weighted by Crippen LogP contribution is -2.07. The Bertz CT molecular complexity index is 860. The molecule has 24 heavy (non-hydrogen) atoms. The van der Waals surface area contributed by atoms with Crippen molar-refractivity contribution in [3.63, 3.8) is 0 Å². The average molecular weight is 318 g/mol. The summed E-state index contributed by atoms with van der Waals surface area (Å²) >= 11 is 0. The monoisotopic (exact) mass is 318 g/mol. The molecule has 1 aliphatic rings. The molecule has 0 saturated heterocycles. The van der Waals surface area contributed by atoms with Crippen LogP contribution in [0.2, 0.25) is 0 Å². The van der Waals surface area contributed by atoms with Crippen molar-refractivity contribution in [3.05, 3.63) is 48.3 Å². The number of hydrogen-bond acceptors (Lipinski definition) is 4. The van der Waals surface area contributed by atoms with Gasteiger partial charge in [0.1, 0.15) is 5.82 Å². The van der Waals surface area contributed by atoms with Crippen LogP contribution in [0.5, 0.6) is 0 Å². The van der Waals surface area contributed by atoms with Crippen molar-refractivity contribution < 1.29 is 0 Å². The number of nitrogens with one attached hydrogen (secondary N) is 1. The predicted molar refractivity (Wildman–Crippen MR) is 97.9 cm³/mol. The SMILES string of the molecule is Cc1ccc2nc(-c3cccnc3)nc(NCCC3CC3C)c2c1. The number of nitrogens with zero attached hydrogens (tertiary/aromatic N) is 3. The maximum atomic E-state index is 4.79. The molecule has 0 radical (unpaired) electrons. The van der Waals surface area contributed by atoms with E-state index in [1.54, 1.807) is 6.20 Å². The van der Waals surface area contributed by atoms with Gasteiger partial charge in [-0.2, -0.15) is 0 Å². The van der Waals surface area contributed by atoms with Crippen LogP contribution >= 0.6 is 0 Å². The first-order chi connectivity index (χ1) is 11.7. The first-order valence-electron chi connectivity index (χ1n) is 8.63. The highest BCUT2D eigenvalue weighted by Crippen LogP contribution is 2.40. The van der Waals surface area contributed by atoms with Gasteiger partial charge in [0, 0.05) is 29.9 Å². The van der Waals surface area contributed by atoms with Crippen molar-refractivity contribution in [2.45, 2.75) is 26.7 Å². The van der Waals surface area contributed by atoms with Gasteiger partial charge in [0.2, 0.25) is 0 Å². The molecule has 4 heteroatoms. The Hall–Kier alpha value is -2.49. The van der Waals surface area contributed by atoms with Gasteiger partial charge < -0.3 is 5.32 Å². The highest BCUT2D eigenvalue weighted by atomic mass is 15.0. The summed E-state index contributed by atoms with van der Waals surface area (Å²) in [6.07, 6.45) is 6.15. The summed E-state index contributed by atoms with van der Waals surface area (Å²) in [4.78, 5) is 13.7. The molecule has 2 aromatic heterocycles. The van der Waals surface area contributed by atoms with Gasteiger partial charge in [-0.25, -0.2) is 9.97 Å². The van der Waals surface area contributed by atoms with Crippen LogP contribution in [-0.2, 0) is 0 Å². The van der Waals surface area contributed by atoms with E-state index >= 15 is 0 Å². The van der Waals surface area contributed by atoms with Gasteiger partial charge in [-0.05, 0) is 55.9 Å². The Morgan fingerprint density at radius 1 is 1.21 bits per heavy atom. The largest absolute Gasteiger partial charge is 0.369 e. The van der Waals surface area contributed by atoms with E-state index < -0.39 is 0 Å². The lowest BCUT2D eigenvalue weighted by molar-refractivity contribution is 0.698. The maximum absolute atomic E-state index is 4.79. The molecule has 4 nitrogen and oxygen atoms in total. The van der Waals surface area contributed by atoms with Gasteiger partial charge in [-0.15, -0.1) is 0 Å². The van der Waals surface area contributed by atoms with Crippen molar-refractivity contribution >= 4 is 16.7 Å². The summed E-state index contributed by atoms with van der Waals surface area (Å²) in [6.45, 7) is 5.39. The highest BCUT2D eigenvalue weighted by Gasteiger charge is 2.31. The molecular weight excluding hydrogens is 296 g/mol. The predicted octanol–water partition coefficient (Wildman–Crippen LogP) is 4.46. The van der Waals surface area contributed by atoms with Crippen molar-refractivity contribution in [1.29, 1.82) is 0 Å². The van der Waals surface area contributed by atoms with E-state index in [4.69, 9.17) is 9.97 Å². The summed E-state index contributed by atoms with van der Waals surface area (Å²) in [5.41, 5.74) is 3.13. The molecule has 0 bridgehead atoms. The Morgan fingerprint density at radius 3 is 2.83 bits per heavy atom. The standard InChI is InChI=1S/C20H22N4/c1-13-5-6-18-17(10-13)20(22-9-7-15-11-14(15)2)24-19(23-18)16-4-3-8-21-12-16/h3-6,8,10,12,14-15H,7,9,11H2,1-2H3,(H,22,23,24). The average Bonchev–Trinajstić information content (AvgIpc) is 3.31. The number of hydrogen-bond donors (Lipinski definition) is 1. The molecule has 2 atom stereocenters. The Balaban J connectivity index is 1.69. The Labute approximate surface area is 142 Å². The summed E-state index contributed by atoms with van der Waals surface area (Å²) in [5.74, 6) is 3.42. The zero-order valence-corrected chi connectivity index (χ0v) is 14.2. The van der Waals surface area contributed by atoms with Crippen molar-refractivity contribution in [1.82, 2.24) is 15.0 Å². The number of aromatic nitrogens is 3. The molecule has 0 amide bonds. The van der Waals surface area contributed by atoms with Crippen molar-refractivity contribution in [2.24, 2.45) is 11.8 Å². The molecular formula is C20H22N4. The van der Waals surface area contributed by atoms with E-state index in [1.807, 2.05) is 18.3 Å². The summed E-state index contributed by atoms with van der Waals surface area (Å²) in [7, 11) is 0. The number of anilines is 1. The quantitative estimate of drug-likeness (QED) is 0.754. The van der Waals surface area contributed by atoms with E-state index in [9.17, 15) is 0 Å². The van der Waals surface area contributed by atoms with Crippen LogP contribution in [0, 0.1) is 18.8 Å². The molecule has 1 aromatic carbocycles. The number of pyridine rings is 1. The molecule has 0 spiro atoms. The molecule has 1 fully saturated rings. The fourth-order valence-corrected chi connectivity index (χ4v) is 3.18. The number of fused-ring (bicyclic) bond motifs is 1. The molecule has 3 aromatic rings. The molecule has 2 unspecified atom stereocenters. The fourth-order valence-electron chi connectivity index (χ4n) is 3.18. The first kappa shape index (κ1) is 15.1. The second kappa shape index (κ2) is 6.19. The minimum absolute atomic E-state index is 0.724. The Kier molecular flexibility index (Phi) is 3.89. The van der Waals surface area contributed by atoms with E-state index in [-0.39, 0.29) is 0 Å². The van der Waals surface area contributed by atoms with Crippen LogP contribution in [0.3, 0.4) is 0 Å². The minimum Gasteiger partial charge on any atom is -0.369 e. The van der Waals surface area contributed by atoms with E-state index in [1.165, 1.54) is 18.4 Å². The third-order valence-corrected chi connectivity index (χ3v) is 4.85. The lowest BCUT2D eigenvalue weighted by atomic mass is 10.1. The molecule has 1 saturated carbocycles. The maximum Gasteiger partial charge on any atom is 0.163 e. The van der Waals surface area contributed by atoms with Gasteiger partial charge in [0.15, 0.2) is 5.82 Å². The van der Waals surface area contributed by atoms with E-state index in [2.05, 4.69) is 42.3 Å². The topological polar surface area (TPSA) is 50.7 Å². The van der Waals surface area contributed by atoms with Gasteiger partial charge in [-0.3, -0.25) is 4.98 Å². The minimum atomic E-state index is 0.724. The molecule has 2 heterocycles. The normalized spacial score (nSPS) is 19.4. The zero-order valence-electron chi connectivity index (χ0n) is 14.2. The first-order valence-corrected chi connectivity index (χ1v) is 8.63. The summed E-state index contributed by atoms with van der Waals surface area (Å²) in [5, 5.41) is 4.63. The van der Waals surface area contributed by atoms with Crippen LogP contribution in [-0.4, -0.2) is 21.5 Å². The van der Waals surface area contributed by atoms with Crippen LogP contribution in [0.15, 0.2) is 42.7 Å². The lowest BCUT2D eigenvalue weighted by Gasteiger charge is -2.11. The van der Waals surface area contributed by atoms with Gasteiger partial charge in [0.25, 0.3) is 0 Å². The second-order valence-electron chi connectivity index (χ2n) is 6.85. The fraction of sp³-hybridized carbons (Fsp3) is 0.350. The second-order valence-corrected chi connectivity index (χ2v) is 6.85. The van der Waals surface area contributed by atoms with Gasteiger partial charge in [0.05, 0.1) is 5.52 Å². The number of rotatable bonds is 5. The van der Waals surface area contributed by atoms with Crippen LogP contribution in [0.25, 0.3) is 22.3 Å². The van der Waals surface area contributed by atoms with E-state index in [0.29, 0.717) is 0 Å². The summed E-state index contributed by atoms with van der Waals surface area (Å²) in [6, 6.07) is 10.2. The van der Waals surface area contributed by atoms with Crippen LogP contribution < -0.4 is 5.32 Å². The third-order valence-electron chi connectivity index (χ3n) is 4.85. The van der Waals surface area contributed by atoms with Crippen molar-refractivity contribution in [2.75, 3.05) is 11.9 Å². The molecule has 1 aliphatic carbocycles. The number of benzene rings is 1. The van der Waals surface area contributed by atoms with Crippen molar-refractivity contribution in [3.8, 4) is 11.4 Å². The van der Waals surface area contributed by atoms with E-state index in [0.717, 1.165) is 46.5 Å². The van der Waals surface area contributed by atoms with Crippen LogP contribution in [0.4, 0.5) is 5.82 Å². The summed E-state index contributed by atoms with van der Waals surface area (Å²) < 4.78 is 0. The Morgan fingerprint density at radius 2 is 2.08 bits per heavy atom. The third kappa shape index (κ3) is 3.09. The van der Waals surface area contributed by atoms with Crippen LogP contribution in [0.1, 0.15) is 25.3 Å². The zero-order chi connectivity index (χ0) is 16.5. The smallest absolute Gasteiger partial charge is 0.163 e. The number of aryl methyl sites for hydroxylation is 1. The molecule has 1 N–H and O–H groups in total. The highest BCUT2D eigenvalue weighted by molar-refractivity contribution is 5.91. The van der Waals surface area contributed by atoms with Gasteiger partial charge in [-0.1, -0.05) is 18.6 Å². The molecule has 0 aliphatic heterocycles. The van der Waals surface area contributed by atoms with Gasteiger partial charge >= 0.3 is 0 Å². The molecule has 122 valence electrons.